The SMILES string of the molecule is CCOC(=O)C1=C(CN2CCSCC2C(=O)O)NC(c2nccn2C)=N[C@H]1c1ccc(F)cc1Br. The topological polar surface area (TPSA) is 109 Å². The Labute approximate surface area is 214 Å². The number of thioether (sulfide) groups is 1. The highest BCUT2D eigenvalue weighted by Gasteiger charge is 2.37. The molecule has 3 heterocycles. The summed E-state index contributed by atoms with van der Waals surface area (Å²) in [4.78, 5) is 36.2. The number of rotatable bonds is 7. The fourth-order valence-corrected chi connectivity index (χ4v) is 5.76. The number of imidazole rings is 1. The summed E-state index contributed by atoms with van der Waals surface area (Å²) in [6.45, 7) is 2.58. The number of ether oxygens (including phenoxy) is 1. The minimum absolute atomic E-state index is 0.154. The predicted molar refractivity (Wildman–Crippen MR) is 134 cm³/mol. The average molecular weight is 566 g/mol. The molecule has 1 fully saturated rings. The maximum Gasteiger partial charge on any atom is 0.338 e. The normalized spacial score (nSPS) is 20.9. The van der Waals surface area contributed by atoms with Gasteiger partial charge in [-0.25, -0.2) is 14.2 Å². The third-order valence-electron chi connectivity index (χ3n) is 5.80. The van der Waals surface area contributed by atoms with Crippen molar-refractivity contribution in [2.45, 2.75) is 19.0 Å². The van der Waals surface area contributed by atoms with Crippen LogP contribution in [0.1, 0.15) is 24.4 Å². The van der Waals surface area contributed by atoms with E-state index in [2.05, 4.69) is 26.2 Å². The molecule has 9 nitrogen and oxygen atoms in total. The summed E-state index contributed by atoms with van der Waals surface area (Å²) in [5.41, 5.74) is 1.31. The number of nitrogens with zero attached hydrogens (tertiary/aromatic N) is 4. The molecule has 12 heteroatoms. The number of carbonyl (C=O) groups is 2. The molecular formula is C23H25BrFN5O4S. The molecule has 0 amide bonds. The summed E-state index contributed by atoms with van der Waals surface area (Å²) in [6, 6.07) is 2.68. The van der Waals surface area contributed by atoms with Gasteiger partial charge in [0.15, 0.2) is 11.7 Å². The zero-order chi connectivity index (χ0) is 25.1. The van der Waals surface area contributed by atoms with Crippen LogP contribution in [0.15, 0.2) is 51.3 Å². The van der Waals surface area contributed by atoms with E-state index in [1.54, 1.807) is 41.7 Å². The molecule has 2 N–H and O–H groups in total. The number of aryl methyl sites for hydroxylation is 1. The van der Waals surface area contributed by atoms with Gasteiger partial charge < -0.3 is 19.7 Å². The van der Waals surface area contributed by atoms with E-state index in [1.807, 2.05) is 11.9 Å². The van der Waals surface area contributed by atoms with Gasteiger partial charge in [-0.2, -0.15) is 11.8 Å². The van der Waals surface area contributed by atoms with Gasteiger partial charge in [0.05, 0.1) is 12.2 Å². The largest absolute Gasteiger partial charge is 0.480 e. The molecule has 1 unspecified atom stereocenters. The number of nitrogens with one attached hydrogen (secondary N) is 1. The molecule has 0 saturated carbocycles. The van der Waals surface area contributed by atoms with Crippen molar-refractivity contribution in [1.29, 1.82) is 0 Å². The highest BCUT2D eigenvalue weighted by molar-refractivity contribution is 9.10. The number of amidine groups is 1. The lowest BCUT2D eigenvalue weighted by Gasteiger charge is -2.35. The van der Waals surface area contributed by atoms with Crippen LogP contribution >= 0.6 is 27.7 Å². The summed E-state index contributed by atoms with van der Waals surface area (Å²) in [6.07, 6.45) is 3.41. The van der Waals surface area contributed by atoms with E-state index >= 15 is 0 Å². The van der Waals surface area contributed by atoms with Gasteiger partial charge in [-0.05, 0) is 24.6 Å². The second-order valence-electron chi connectivity index (χ2n) is 8.04. The molecule has 1 aromatic heterocycles. The fourth-order valence-electron chi connectivity index (χ4n) is 4.08. The van der Waals surface area contributed by atoms with Crippen LogP contribution in [0, 0.1) is 5.82 Å². The number of hydrogen-bond donors (Lipinski definition) is 2. The molecule has 0 aliphatic carbocycles. The van der Waals surface area contributed by atoms with Crippen molar-refractivity contribution in [3.63, 3.8) is 0 Å². The summed E-state index contributed by atoms with van der Waals surface area (Å²) in [5.74, 6) is 0.265. The maximum absolute atomic E-state index is 13.9. The number of halogens is 2. The van der Waals surface area contributed by atoms with Crippen LogP contribution in [-0.4, -0.2) is 74.6 Å². The third-order valence-corrected chi connectivity index (χ3v) is 7.51. The van der Waals surface area contributed by atoms with Crippen molar-refractivity contribution < 1.29 is 23.8 Å². The second-order valence-corrected chi connectivity index (χ2v) is 10.0. The van der Waals surface area contributed by atoms with Crippen molar-refractivity contribution in [2.75, 3.05) is 31.2 Å². The van der Waals surface area contributed by atoms with Crippen LogP contribution in [0.3, 0.4) is 0 Å². The first-order chi connectivity index (χ1) is 16.8. The fraction of sp³-hybridized carbons (Fsp3) is 0.391. The van der Waals surface area contributed by atoms with Crippen LogP contribution in [-0.2, 0) is 21.4 Å². The molecule has 35 heavy (non-hydrogen) atoms. The van der Waals surface area contributed by atoms with Crippen molar-refractivity contribution in [3.05, 3.63) is 63.5 Å². The summed E-state index contributed by atoms with van der Waals surface area (Å²) in [5, 5.41) is 13.0. The lowest BCUT2D eigenvalue weighted by molar-refractivity contribution is -0.142. The number of aromatic nitrogens is 2. The molecule has 0 spiro atoms. The van der Waals surface area contributed by atoms with Crippen LogP contribution in [0.5, 0.6) is 0 Å². The monoisotopic (exact) mass is 565 g/mol. The van der Waals surface area contributed by atoms with E-state index in [0.29, 0.717) is 39.7 Å². The molecule has 186 valence electrons. The van der Waals surface area contributed by atoms with Gasteiger partial charge in [0.1, 0.15) is 17.9 Å². The zero-order valence-electron chi connectivity index (χ0n) is 19.2. The number of hydrogen-bond acceptors (Lipinski definition) is 8. The number of aliphatic imine (C=N–C) groups is 1. The number of carbonyl (C=O) groups excluding carboxylic acids is 1. The zero-order valence-corrected chi connectivity index (χ0v) is 21.6. The molecule has 0 bridgehead atoms. The Kier molecular flexibility index (Phi) is 7.92. The molecule has 2 aliphatic heterocycles. The van der Waals surface area contributed by atoms with E-state index < -0.39 is 29.8 Å². The number of aliphatic carboxylic acids is 1. The standard InChI is InChI=1S/C23H25BrFN5O4S/c1-3-34-23(33)18-16(11-30-8-9-35-12-17(30)22(31)32)27-20(21-26-6-7-29(21)2)28-19(18)14-5-4-13(25)10-15(14)24/h4-7,10,17,19H,3,8-9,11-12H2,1-2H3,(H,27,28)(H,31,32)/t17?,19-/m0/s1. The van der Waals surface area contributed by atoms with Gasteiger partial charge in [-0.15, -0.1) is 0 Å². The van der Waals surface area contributed by atoms with Gasteiger partial charge in [0.25, 0.3) is 0 Å². The van der Waals surface area contributed by atoms with E-state index in [1.165, 1.54) is 12.1 Å². The number of carboxylic acid groups (broad SMARTS) is 1. The third kappa shape index (κ3) is 5.44. The molecule has 2 aliphatic rings. The second kappa shape index (κ2) is 10.9. The highest BCUT2D eigenvalue weighted by Crippen LogP contribution is 2.37. The van der Waals surface area contributed by atoms with Gasteiger partial charge in [-0.3, -0.25) is 14.7 Å². The van der Waals surface area contributed by atoms with Crippen LogP contribution in [0.25, 0.3) is 0 Å². The summed E-state index contributed by atoms with van der Waals surface area (Å²) < 4.78 is 21.5. The summed E-state index contributed by atoms with van der Waals surface area (Å²) in [7, 11) is 1.82. The predicted octanol–water partition coefficient (Wildman–Crippen LogP) is 2.73. The van der Waals surface area contributed by atoms with E-state index in [4.69, 9.17) is 9.73 Å². The van der Waals surface area contributed by atoms with E-state index in [-0.39, 0.29) is 18.7 Å². The Balaban J connectivity index is 1.85. The van der Waals surface area contributed by atoms with Crippen molar-refractivity contribution >= 4 is 45.5 Å². The van der Waals surface area contributed by atoms with Gasteiger partial charge in [0.2, 0.25) is 0 Å². The molecule has 4 rings (SSSR count). The van der Waals surface area contributed by atoms with Crippen molar-refractivity contribution in [2.24, 2.45) is 12.0 Å². The van der Waals surface area contributed by atoms with Gasteiger partial charge in [-0.1, -0.05) is 22.0 Å². The highest BCUT2D eigenvalue weighted by atomic mass is 79.9. The van der Waals surface area contributed by atoms with Crippen molar-refractivity contribution in [1.82, 2.24) is 19.8 Å². The lowest BCUT2D eigenvalue weighted by Crippen LogP contribution is -2.50. The van der Waals surface area contributed by atoms with Crippen molar-refractivity contribution in [3.8, 4) is 0 Å². The smallest absolute Gasteiger partial charge is 0.338 e. The quantitative estimate of drug-likeness (QED) is 0.493. The summed E-state index contributed by atoms with van der Waals surface area (Å²) >= 11 is 5.00. The first-order valence-electron chi connectivity index (χ1n) is 11.0. The number of carboxylic acids is 1. The Hall–Kier alpha value is -2.70. The Morgan fingerprint density at radius 1 is 1.40 bits per heavy atom. The Bertz CT molecular complexity index is 1200. The first kappa shape index (κ1) is 25.4. The van der Waals surface area contributed by atoms with Crippen LogP contribution in [0.2, 0.25) is 0 Å². The number of esters is 1. The molecular weight excluding hydrogens is 541 g/mol. The minimum atomic E-state index is -0.915. The lowest BCUT2D eigenvalue weighted by atomic mass is 9.95. The van der Waals surface area contributed by atoms with Gasteiger partial charge >= 0.3 is 11.9 Å². The first-order valence-corrected chi connectivity index (χ1v) is 13.0. The molecule has 1 aromatic carbocycles. The van der Waals surface area contributed by atoms with E-state index in [9.17, 15) is 19.1 Å². The molecule has 1 saturated heterocycles. The Morgan fingerprint density at radius 2 is 2.20 bits per heavy atom. The van der Waals surface area contributed by atoms with Gasteiger partial charge in [0, 0.05) is 54.2 Å². The maximum atomic E-state index is 13.9. The average Bonchev–Trinajstić information content (AvgIpc) is 3.25. The molecule has 2 atom stereocenters. The van der Waals surface area contributed by atoms with Crippen LogP contribution < -0.4 is 5.32 Å². The number of benzene rings is 1. The van der Waals surface area contributed by atoms with E-state index in [0.717, 1.165) is 5.75 Å². The van der Waals surface area contributed by atoms with Crippen LogP contribution in [0.4, 0.5) is 4.39 Å². The molecule has 0 radical (unpaired) electrons. The minimum Gasteiger partial charge on any atom is -0.480 e. The Morgan fingerprint density at radius 3 is 2.86 bits per heavy atom. The molecule has 2 aromatic rings.